The van der Waals surface area contributed by atoms with Crippen LogP contribution in [0.3, 0.4) is 0 Å². The molecular formula is C31H30N2O3. The fourth-order valence-corrected chi connectivity index (χ4v) is 3.97. The van der Waals surface area contributed by atoms with Gasteiger partial charge in [0.2, 0.25) is 0 Å². The predicted molar refractivity (Wildman–Crippen MR) is 144 cm³/mol. The average Bonchev–Trinajstić information content (AvgIpc) is 2.93. The van der Waals surface area contributed by atoms with Crippen molar-refractivity contribution >= 4 is 17.5 Å². The second-order valence-electron chi connectivity index (χ2n) is 8.59. The van der Waals surface area contributed by atoms with Crippen LogP contribution in [0.25, 0.3) is 11.1 Å². The van der Waals surface area contributed by atoms with E-state index in [0.717, 1.165) is 16.7 Å². The average molecular weight is 479 g/mol. The molecule has 1 unspecified atom stereocenters. The maximum absolute atomic E-state index is 13.2. The topological polar surface area (TPSA) is 58.6 Å². The van der Waals surface area contributed by atoms with Gasteiger partial charge in [-0.2, -0.15) is 0 Å². The number of rotatable bonds is 9. The van der Waals surface area contributed by atoms with E-state index in [-0.39, 0.29) is 11.8 Å². The van der Waals surface area contributed by atoms with Crippen molar-refractivity contribution in [2.24, 2.45) is 0 Å². The third kappa shape index (κ3) is 6.19. The van der Waals surface area contributed by atoms with Crippen molar-refractivity contribution in [3.05, 3.63) is 120 Å². The number of ether oxygens (including phenoxy) is 1. The summed E-state index contributed by atoms with van der Waals surface area (Å²) >= 11 is 0. The van der Waals surface area contributed by atoms with Crippen LogP contribution in [0, 0.1) is 0 Å². The van der Waals surface area contributed by atoms with Crippen LogP contribution in [0.15, 0.2) is 109 Å². The van der Waals surface area contributed by atoms with Crippen LogP contribution in [0.2, 0.25) is 0 Å². The van der Waals surface area contributed by atoms with E-state index in [2.05, 4.69) is 5.32 Å². The van der Waals surface area contributed by atoms with Crippen LogP contribution in [0.5, 0.6) is 5.75 Å². The summed E-state index contributed by atoms with van der Waals surface area (Å²) in [5, 5.41) is 2.91. The minimum atomic E-state index is -0.696. The molecule has 4 aromatic rings. The van der Waals surface area contributed by atoms with Crippen LogP contribution in [-0.4, -0.2) is 29.9 Å². The van der Waals surface area contributed by atoms with E-state index in [1.165, 1.54) is 0 Å². The fraction of sp³-hybridized carbons (Fsp3) is 0.161. The Labute approximate surface area is 212 Å². The number of carbonyl (C=O) groups is 2. The number of hydrogen-bond donors (Lipinski definition) is 1. The zero-order valence-electron chi connectivity index (χ0n) is 20.6. The van der Waals surface area contributed by atoms with Crippen molar-refractivity contribution in [1.29, 1.82) is 0 Å². The van der Waals surface area contributed by atoms with Crippen molar-refractivity contribution in [3.63, 3.8) is 0 Å². The zero-order chi connectivity index (χ0) is 25.3. The summed E-state index contributed by atoms with van der Waals surface area (Å²) in [5.41, 5.74) is 4.13. The highest BCUT2D eigenvalue weighted by molar-refractivity contribution is 6.04. The van der Waals surface area contributed by atoms with E-state index in [9.17, 15) is 9.59 Å². The van der Waals surface area contributed by atoms with Crippen LogP contribution in [0.4, 0.5) is 5.69 Å². The normalized spacial score (nSPS) is 11.4. The van der Waals surface area contributed by atoms with Crippen LogP contribution >= 0.6 is 0 Å². The van der Waals surface area contributed by atoms with E-state index in [1.54, 1.807) is 36.2 Å². The standard InChI is InChI=1S/C31H30N2O3/c1-3-29(36-26-20-18-25(19-21-26)24-14-8-5-9-15-24)30(34)32-28-17-11-10-16-27(28)31(35)33(2)22-23-12-6-4-7-13-23/h4-21,29H,3,22H2,1-2H3,(H,32,34). The smallest absolute Gasteiger partial charge is 0.265 e. The molecule has 36 heavy (non-hydrogen) atoms. The highest BCUT2D eigenvalue weighted by atomic mass is 16.5. The lowest BCUT2D eigenvalue weighted by Crippen LogP contribution is -2.33. The van der Waals surface area contributed by atoms with Crippen molar-refractivity contribution in [2.45, 2.75) is 26.0 Å². The molecule has 5 nitrogen and oxygen atoms in total. The first kappa shape index (κ1) is 24.7. The molecule has 0 aliphatic rings. The van der Waals surface area contributed by atoms with Crippen molar-refractivity contribution < 1.29 is 14.3 Å². The van der Waals surface area contributed by atoms with Crippen molar-refractivity contribution in [2.75, 3.05) is 12.4 Å². The third-order valence-electron chi connectivity index (χ3n) is 5.93. The summed E-state index contributed by atoms with van der Waals surface area (Å²) in [6, 6.07) is 34.6. The molecule has 2 amide bonds. The lowest BCUT2D eigenvalue weighted by Gasteiger charge is -2.21. The maximum atomic E-state index is 13.2. The van der Waals surface area contributed by atoms with Gasteiger partial charge in [0.1, 0.15) is 5.75 Å². The first-order chi connectivity index (χ1) is 17.5. The number of amides is 2. The second kappa shape index (κ2) is 11.8. The summed E-state index contributed by atoms with van der Waals surface area (Å²) in [5.74, 6) is 0.152. The van der Waals surface area contributed by atoms with Gasteiger partial charge in [0.15, 0.2) is 6.10 Å². The van der Waals surface area contributed by atoms with Gasteiger partial charge < -0.3 is 15.0 Å². The predicted octanol–water partition coefficient (Wildman–Crippen LogP) is 6.42. The number of para-hydroxylation sites is 1. The summed E-state index contributed by atoms with van der Waals surface area (Å²) in [4.78, 5) is 27.9. The molecule has 0 fully saturated rings. The van der Waals surface area contributed by atoms with Gasteiger partial charge >= 0.3 is 0 Å². The molecule has 182 valence electrons. The largest absolute Gasteiger partial charge is 0.481 e. The molecule has 4 aromatic carbocycles. The number of nitrogens with one attached hydrogen (secondary N) is 1. The summed E-state index contributed by atoms with van der Waals surface area (Å²) in [6.45, 7) is 2.37. The minimum absolute atomic E-state index is 0.166. The first-order valence-corrected chi connectivity index (χ1v) is 12.1. The lowest BCUT2D eigenvalue weighted by molar-refractivity contribution is -0.122. The number of carbonyl (C=O) groups excluding carboxylic acids is 2. The van der Waals surface area contributed by atoms with E-state index in [1.807, 2.05) is 91.9 Å². The molecule has 5 heteroatoms. The van der Waals surface area contributed by atoms with Gasteiger partial charge in [-0.05, 0) is 47.4 Å². The number of hydrogen-bond acceptors (Lipinski definition) is 3. The number of nitrogens with zero attached hydrogens (tertiary/aromatic N) is 1. The van der Waals surface area contributed by atoms with Crippen LogP contribution in [-0.2, 0) is 11.3 Å². The van der Waals surface area contributed by atoms with E-state index < -0.39 is 6.10 Å². The molecule has 0 saturated heterocycles. The van der Waals surface area contributed by atoms with Gasteiger partial charge in [-0.25, -0.2) is 0 Å². The molecule has 4 rings (SSSR count). The minimum Gasteiger partial charge on any atom is -0.481 e. The van der Waals surface area contributed by atoms with Gasteiger partial charge in [0.25, 0.3) is 11.8 Å². The fourth-order valence-electron chi connectivity index (χ4n) is 3.97. The third-order valence-corrected chi connectivity index (χ3v) is 5.93. The Morgan fingerprint density at radius 3 is 2.03 bits per heavy atom. The van der Waals surface area contributed by atoms with Gasteiger partial charge in [0.05, 0.1) is 11.3 Å². The first-order valence-electron chi connectivity index (χ1n) is 12.1. The molecule has 0 saturated carbocycles. The molecule has 0 aliphatic heterocycles. The van der Waals surface area contributed by atoms with Crippen molar-refractivity contribution in [1.82, 2.24) is 4.90 Å². The van der Waals surface area contributed by atoms with E-state index in [4.69, 9.17) is 4.74 Å². The Morgan fingerprint density at radius 1 is 0.778 bits per heavy atom. The summed E-state index contributed by atoms with van der Waals surface area (Å²) < 4.78 is 6.01. The molecule has 0 bridgehead atoms. The Balaban J connectivity index is 1.43. The van der Waals surface area contributed by atoms with E-state index in [0.29, 0.717) is 30.0 Å². The molecule has 0 spiro atoms. The Bertz CT molecular complexity index is 1290. The zero-order valence-corrected chi connectivity index (χ0v) is 20.6. The van der Waals surface area contributed by atoms with E-state index >= 15 is 0 Å². The van der Waals surface area contributed by atoms with Crippen LogP contribution in [0.1, 0.15) is 29.3 Å². The highest BCUT2D eigenvalue weighted by Gasteiger charge is 2.22. The Morgan fingerprint density at radius 2 is 1.36 bits per heavy atom. The maximum Gasteiger partial charge on any atom is 0.265 e. The molecule has 0 aliphatic carbocycles. The molecular weight excluding hydrogens is 448 g/mol. The number of benzene rings is 4. The molecule has 1 N–H and O–H groups in total. The SMILES string of the molecule is CCC(Oc1ccc(-c2ccccc2)cc1)C(=O)Nc1ccccc1C(=O)N(C)Cc1ccccc1. The molecule has 0 radical (unpaired) electrons. The molecule has 1 atom stereocenters. The lowest BCUT2D eigenvalue weighted by atomic mass is 10.1. The monoisotopic (exact) mass is 478 g/mol. The van der Waals surface area contributed by atoms with Gasteiger partial charge in [0, 0.05) is 13.6 Å². The van der Waals surface area contributed by atoms with Crippen LogP contribution < -0.4 is 10.1 Å². The van der Waals surface area contributed by atoms with Gasteiger partial charge in [-0.15, -0.1) is 0 Å². The summed E-state index contributed by atoms with van der Waals surface area (Å²) in [6.07, 6.45) is -0.214. The molecule has 0 aromatic heterocycles. The Kier molecular flexibility index (Phi) is 8.14. The van der Waals surface area contributed by atoms with Gasteiger partial charge in [-0.3, -0.25) is 9.59 Å². The van der Waals surface area contributed by atoms with Crippen molar-refractivity contribution in [3.8, 4) is 16.9 Å². The highest BCUT2D eigenvalue weighted by Crippen LogP contribution is 2.24. The second-order valence-corrected chi connectivity index (χ2v) is 8.59. The summed E-state index contributed by atoms with van der Waals surface area (Å²) in [7, 11) is 1.75. The number of anilines is 1. The quantitative estimate of drug-likeness (QED) is 0.302. The Hall–Kier alpha value is -4.38. The van der Waals surface area contributed by atoms with Gasteiger partial charge in [-0.1, -0.05) is 91.9 Å². The molecule has 0 heterocycles.